The minimum absolute atomic E-state index is 0.724. The van der Waals surface area contributed by atoms with Crippen LogP contribution in [0.3, 0.4) is 0 Å². The molecule has 1 aliphatic heterocycles. The van der Waals surface area contributed by atoms with Crippen molar-refractivity contribution in [2.45, 2.75) is 13.0 Å². The van der Waals surface area contributed by atoms with Crippen molar-refractivity contribution >= 4 is 0 Å². The Morgan fingerprint density at radius 3 is 2.36 bits per heavy atom. The van der Waals surface area contributed by atoms with Gasteiger partial charge in [0.1, 0.15) is 11.4 Å². The van der Waals surface area contributed by atoms with Gasteiger partial charge in [-0.1, -0.05) is 12.1 Å². The highest BCUT2D eigenvalue weighted by Gasteiger charge is 2.25. The minimum Gasteiger partial charge on any atom is -0.496 e. The third-order valence-electron chi connectivity index (χ3n) is 4.69. The Kier molecular flexibility index (Phi) is 3.84. The molecular weight excluding hydrogens is 316 g/mol. The molecule has 128 valence electrons. The molecule has 1 aromatic heterocycles. The number of nitrogens with zero attached hydrogens (tertiary/aromatic N) is 2. The lowest BCUT2D eigenvalue weighted by Crippen LogP contribution is -2.11. The Hall–Kier alpha value is -2.95. The van der Waals surface area contributed by atoms with Crippen molar-refractivity contribution < 1.29 is 14.2 Å². The molecule has 25 heavy (non-hydrogen) atoms. The number of benzene rings is 2. The summed E-state index contributed by atoms with van der Waals surface area (Å²) in [5, 5.41) is 0. The van der Waals surface area contributed by atoms with Crippen molar-refractivity contribution in [3.8, 4) is 39.8 Å². The van der Waals surface area contributed by atoms with E-state index >= 15 is 0 Å². The molecule has 0 N–H and O–H groups in total. The van der Waals surface area contributed by atoms with Crippen molar-refractivity contribution in [2.75, 3.05) is 21.3 Å². The fourth-order valence-corrected chi connectivity index (χ4v) is 3.46. The van der Waals surface area contributed by atoms with E-state index in [4.69, 9.17) is 14.2 Å². The molecule has 4 rings (SSSR count). The minimum atomic E-state index is 0.724. The lowest BCUT2D eigenvalue weighted by Gasteiger charge is -2.22. The topological polar surface area (TPSA) is 45.5 Å². The molecule has 0 fully saturated rings. The molecule has 2 heterocycles. The lowest BCUT2D eigenvalue weighted by molar-refractivity contribution is 0.354. The van der Waals surface area contributed by atoms with Crippen molar-refractivity contribution in [1.29, 1.82) is 0 Å². The number of fused-ring (bicyclic) bond motifs is 3. The molecule has 5 heteroatoms. The van der Waals surface area contributed by atoms with Gasteiger partial charge in [0.2, 0.25) is 0 Å². The predicted molar refractivity (Wildman–Crippen MR) is 96.5 cm³/mol. The van der Waals surface area contributed by atoms with E-state index < -0.39 is 0 Å². The van der Waals surface area contributed by atoms with Crippen LogP contribution in [0, 0.1) is 0 Å². The van der Waals surface area contributed by atoms with Gasteiger partial charge in [0.05, 0.1) is 33.4 Å². The van der Waals surface area contributed by atoms with E-state index in [1.54, 1.807) is 21.3 Å². The number of para-hydroxylation sites is 1. The van der Waals surface area contributed by atoms with Crippen LogP contribution in [0.5, 0.6) is 17.2 Å². The summed E-state index contributed by atoms with van der Waals surface area (Å²) < 4.78 is 18.7. The van der Waals surface area contributed by atoms with Gasteiger partial charge in [0, 0.05) is 17.7 Å². The van der Waals surface area contributed by atoms with Gasteiger partial charge in [0.15, 0.2) is 11.5 Å². The summed E-state index contributed by atoms with van der Waals surface area (Å²) in [7, 11) is 5.01. The molecule has 1 aliphatic rings. The molecule has 0 atom stereocenters. The van der Waals surface area contributed by atoms with Crippen LogP contribution in [0.2, 0.25) is 0 Å². The van der Waals surface area contributed by atoms with Gasteiger partial charge < -0.3 is 18.8 Å². The number of aryl methyl sites for hydroxylation is 2. The van der Waals surface area contributed by atoms with Crippen molar-refractivity contribution in [1.82, 2.24) is 9.55 Å². The van der Waals surface area contributed by atoms with Gasteiger partial charge in [-0.2, -0.15) is 0 Å². The molecule has 2 aromatic carbocycles. The highest BCUT2D eigenvalue weighted by atomic mass is 16.5. The van der Waals surface area contributed by atoms with Gasteiger partial charge in [-0.15, -0.1) is 0 Å². The maximum Gasteiger partial charge on any atom is 0.161 e. The smallest absolute Gasteiger partial charge is 0.161 e. The van der Waals surface area contributed by atoms with Gasteiger partial charge in [0.25, 0.3) is 0 Å². The summed E-state index contributed by atoms with van der Waals surface area (Å²) in [6.45, 7) is 0.889. The Labute approximate surface area is 146 Å². The largest absolute Gasteiger partial charge is 0.496 e. The number of hydrogen-bond acceptors (Lipinski definition) is 4. The number of rotatable bonds is 4. The average Bonchev–Trinajstić information content (AvgIpc) is 3.11. The van der Waals surface area contributed by atoms with Crippen molar-refractivity contribution in [2.24, 2.45) is 0 Å². The van der Waals surface area contributed by atoms with Crippen LogP contribution >= 0.6 is 0 Å². The van der Waals surface area contributed by atoms with E-state index in [0.717, 1.165) is 52.7 Å². The maximum absolute atomic E-state index is 5.54. The van der Waals surface area contributed by atoms with E-state index in [1.807, 2.05) is 36.7 Å². The fraction of sp³-hybridized carbons (Fsp3) is 0.250. The molecule has 0 radical (unpaired) electrons. The predicted octanol–water partition coefficient (Wildman–Crippen LogP) is 3.80. The summed E-state index contributed by atoms with van der Waals surface area (Å²) in [5.74, 6) is 2.30. The second-order valence-corrected chi connectivity index (χ2v) is 5.95. The molecule has 0 saturated heterocycles. The van der Waals surface area contributed by atoms with Gasteiger partial charge in [-0.3, -0.25) is 0 Å². The second-order valence-electron chi connectivity index (χ2n) is 5.95. The number of aromatic nitrogens is 2. The molecule has 3 aromatic rings. The van der Waals surface area contributed by atoms with Crippen LogP contribution in [0.15, 0.2) is 42.7 Å². The van der Waals surface area contributed by atoms with Crippen molar-refractivity contribution in [3.63, 3.8) is 0 Å². The summed E-state index contributed by atoms with van der Waals surface area (Å²) in [6, 6.07) is 12.1. The molecule has 0 unspecified atom stereocenters. The van der Waals surface area contributed by atoms with E-state index in [1.165, 1.54) is 5.56 Å². The van der Waals surface area contributed by atoms with E-state index in [2.05, 4.69) is 15.6 Å². The van der Waals surface area contributed by atoms with Gasteiger partial charge in [-0.25, -0.2) is 4.98 Å². The van der Waals surface area contributed by atoms with Crippen LogP contribution in [0.25, 0.3) is 22.5 Å². The van der Waals surface area contributed by atoms with Crippen LogP contribution in [0.4, 0.5) is 0 Å². The second kappa shape index (κ2) is 6.16. The summed E-state index contributed by atoms with van der Waals surface area (Å²) in [6.07, 6.45) is 2.83. The van der Waals surface area contributed by atoms with Crippen molar-refractivity contribution in [3.05, 3.63) is 48.3 Å². The molecule has 0 amide bonds. The SMILES string of the molecule is COc1cc2c(cc1OC)-c1c(-c3ccccc3OC)ncn1CC2. The zero-order valence-corrected chi connectivity index (χ0v) is 14.6. The molecular formula is C20H20N2O3. The zero-order chi connectivity index (χ0) is 17.4. The van der Waals surface area contributed by atoms with Crippen LogP contribution in [-0.4, -0.2) is 30.9 Å². The molecule has 0 bridgehead atoms. The third kappa shape index (κ3) is 2.43. The van der Waals surface area contributed by atoms with E-state index in [-0.39, 0.29) is 0 Å². The Morgan fingerprint density at radius 2 is 1.60 bits per heavy atom. The molecule has 0 spiro atoms. The van der Waals surface area contributed by atoms with Crippen LogP contribution < -0.4 is 14.2 Å². The monoisotopic (exact) mass is 336 g/mol. The van der Waals surface area contributed by atoms with Crippen LogP contribution in [0.1, 0.15) is 5.56 Å². The number of imidazole rings is 1. The zero-order valence-electron chi connectivity index (χ0n) is 14.6. The van der Waals surface area contributed by atoms with Gasteiger partial charge >= 0.3 is 0 Å². The summed E-state index contributed by atoms with van der Waals surface area (Å²) in [4.78, 5) is 4.68. The summed E-state index contributed by atoms with van der Waals surface area (Å²) >= 11 is 0. The quantitative estimate of drug-likeness (QED) is 0.727. The van der Waals surface area contributed by atoms with Crippen LogP contribution in [-0.2, 0) is 13.0 Å². The Morgan fingerprint density at radius 1 is 0.880 bits per heavy atom. The first-order valence-electron chi connectivity index (χ1n) is 8.20. The third-order valence-corrected chi connectivity index (χ3v) is 4.69. The Balaban J connectivity index is 1.95. The first kappa shape index (κ1) is 15.6. The number of ether oxygens (including phenoxy) is 3. The normalized spacial score (nSPS) is 12.3. The highest BCUT2D eigenvalue weighted by Crippen LogP contribution is 2.43. The standard InChI is InChI=1S/C20H20N2O3/c1-23-16-7-5-4-6-14(16)19-20-15-11-18(25-3)17(24-2)10-13(15)8-9-22(20)12-21-19/h4-7,10-12H,8-9H2,1-3H3. The number of hydrogen-bond donors (Lipinski definition) is 0. The fourth-order valence-electron chi connectivity index (χ4n) is 3.46. The van der Waals surface area contributed by atoms with Gasteiger partial charge in [-0.05, 0) is 36.2 Å². The Bertz CT molecular complexity index is 931. The molecule has 0 aliphatic carbocycles. The molecule has 0 saturated carbocycles. The summed E-state index contributed by atoms with van der Waals surface area (Å²) in [5.41, 5.74) is 5.36. The first-order valence-corrected chi connectivity index (χ1v) is 8.20. The highest BCUT2D eigenvalue weighted by molar-refractivity contribution is 5.84. The average molecular weight is 336 g/mol. The maximum atomic E-state index is 5.54. The van der Waals surface area contributed by atoms with E-state index in [0.29, 0.717) is 0 Å². The number of methoxy groups -OCH3 is 3. The lowest BCUT2D eigenvalue weighted by atomic mass is 9.94. The first-order chi connectivity index (χ1) is 12.3. The molecule has 5 nitrogen and oxygen atoms in total. The van der Waals surface area contributed by atoms with E-state index in [9.17, 15) is 0 Å².